The van der Waals surface area contributed by atoms with Crippen molar-refractivity contribution in [1.29, 1.82) is 0 Å². The van der Waals surface area contributed by atoms with Crippen LogP contribution in [0.1, 0.15) is 39.7 Å². The van der Waals surface area contributed by atoms with Crippen molar-refractivity contribution in [2.75, 3.05) is 14.1 Å². The molecule has 0 aliphatic heterocycles. The minimum Gasteiger partial charge on any atom is -0.345 e. The van der Waals surface area contributed by atoms with E-state index < -0.39 is 0 Å². The summed E-state index contributed by atoms with van der Waals surface area (Å²) in [7, 11) is 3.45. The molecule has 6 nitrogen and oxygen atoms in total. The number of aromatic nitrogens is 4. The Hall–Kier alpha value is -2.86. The van der Waals surface area contributed by atoms with Crippen LogP contribution in [-0.4, -0.2) is 44.8 Å². The molecule has 3 aromatic rings. The maximum atomic E-state index is 12.3. The van der Waals surface area contributed by atoms with Crippen LogP contribution in [0.15, 0.2) is 49.1 Å². The minimum absolute atomic E-state index is 0.0883. The normalized spacial score (nSPS) is 18.2. The van der Waals surface area contributed by atoms with Gasteiger partial charge in [-0.2, -0.15) is 0 Å². The summed E-state index contributed by atoms with van der Waals surface area (Å²) in [5, 5.41) is 0.477. The number of hydrogen-bond acceptors (Lipinski definition) is 5. The molecule has 0 saturated heterocycles. The second kappa shape index (κ2) is 7.04. The lowest BCUT2D eigenvalue weighted by molar-refractivity contribution is 0.0827. The molecule has 27 heavy (non-hydrogen) atoms. The zero-order valence-electron chi connectivity index (χ0n) is 15.0. The average molecular weight is 380 g/mol. The van der Waals surface area contributed by atoms with Gasteiger partial charge in [0.05, 0.1) is 10.6 Å². The Morgan fingerprint density at radius 2 is 1.63 bits per heavy atom. The van der Waals surface area contributed by atoms with Crippen molar-refractivity contribution in [2.24, 2.45) is 0 Å². The molecule has 136 valence electrons. The molecule has 0 N–H and O–H groups in total. The third kappa shape index (κ3) is 3.53. The van der Waals surface area contributed by atoms with Gasteiger partial charge in [-0.05, 0) is 47.6 Å². The van der Waals surface area contributed by atoms with E-state index >= 15 is 0 Å². The van der Waals surface area contributed by atoms with Crippen molar-refractivity contribution in [3.8, 4) is 11.6 Å². The standard InChI is InChI=1S/C20H18ClN5O/c1-26(2)20(27)16-8-12(4-5-17(16)21)14-9-15(14)13-10-24-19(25-11-13)18-22-6-3-7-23-18/h3-8,10-11,14-15H,9H2,1-2H3/t14-,15+/m0/s1. The van der Waals surface area contributed by atoms with Crippen LogP contribution in [0.2, 0.25) is 5.02 Å². The van der Waals surface area contributed by atoms with Gasteiger partial charge in [0, 0.05) is 38.9 Å². The van der Waals surface area contributed by atoms with Crippen molar-refractivity contribution in [3.05, 3.63) is 70.8 Å². The van der Waals surface area contributed by atoms with Crippen LogP contribution in [-0.2, 0) is 0 Å². The van der Waals surface area contributed by atoms with E-state index in [-0.39, 0.29) is 5.91 Å². The molecule has 7 heteroatoms. The zero-order chi connectivity index (χ0) is 19.0. The first kappa shape index (κ1) is 17.5. The lowest BCUT2D eigenvalue weighted by Gasteiger charge is -2.13. The summed E-state index contributed by atoms with van der Waals surface area (Å²) < 4.78 is 0. The first-order valence-corrected chi connectivity index (χ1v) is 9.03. The van der Waals surface area contributed by atoms with Crippen molar-refractivity contribution in [2.45, 2.75) is 18.3 Å². The highest BCUT2D eigenvalue weighted by Gasteiger charge is 2.40. The Kier molecular flexibility index (Phi) is 4.58. The number of carbonyl (C=O) groups excluding carboxylic acids is 1. The van der Waals surface area contributed by atoms with Crippen molar-refractivity contribution >= 4 is 17.5 Å². The minimum atomic E-state index is -0.0883. The van der Waals surface area contributed by atoms with Crippen LogP contribution in [0.25, 0.3) is 11.6 Å². The molecule has 1 fully saturated rings. The molecule has 2 atom stereocenters. The number of amides is 1. The number of halogens is 1. The van der Waals surface area contributed by atoms with Crippen molar-refractivity contribution in [3.63, 3.8) is 0 Å². The highest BCUT2D eigenvalue weighted by atomic mass is 35.5. The highest BCUT2D eigenvalue weighted by molar-refractivity contribution is 6.33. The maximum absolute atomic E-state index is 12.3. The van der Waals surface area contributed by atoms with E-state index in [1.54, 1.807) is 38.6 Å². The molecular weight excluding hydrogens is 362 g/mol. The van der Waals surface area contributed by atoms with Crippen LogP contribution in [0, 0.1) is 0 Å². The second-order valence-corrected chi connectivity index (χ2v) is 7.21. The Morgan fingerprint density at radius 1 is 1.00 bits per heavy atom. The first-order chi connectivity index (χ1) is 13.0. The summed E-state index contributed by atoms with van der Waals surface area (Å²) in [4.78, 5) is 31.0. The van der Waals surface area contributed by atoms with Gasteiger partial charge in [-0.1, -0.05) is 17.7 Å². The number of rotatable bonds is 4. The molecule has 0 unspecified atom stereocenters. The lowest BCUT2D eigenvalue weighted by Crippen LogP contribution is -2.22. The number of benzene rings is 1. The zero-order valence-corrected chi connectivity index (χ0v) is 15.8. The summed E-state index contributed by atoms with van der Waals surface area (Å²) in [6, 6.07) is 7.46. The van der Waals surface area contributed by atoms with Gasteiger partial charge in [0.15, 0.2) is 11.6 Å². The van der Waals surface area contributed by atoms with Gasteiger partial charge in [0.2, 0.25) is 0 Å². The van der Waals surface area contributed by atoms with Crippen LogP contribution >= 0.6 is 11.6 Å². The van der Waals surface area contributed by atoms with Gasteiger partial charge >= 0.3 is 0 Å². The first-order valence-electron chi connectivity index (χ1n) is 8.65. The number of hydrogen-bond donors (Lipinski definition) is 0. The fraction of sp³-hybridized carbons (Fsp3) is 0.250. The van der Waals surface area contributed by atoms with E-state index in [2.05, 4.69) is 19.9 Å². The number of carbonyl (C=O) groups is 1. The van der Waals surface area contributed by atoms with Gasteiger partial charge in [-0.15, -0.1) is 0 Å². The molecule has 1 aliphatic rings. The Bertz CT molecular complexity index is 975. The molecule has 1 aromatic carbocycles. The molecule has 2 heterocycles. The van der Waals surface area contributed by atoms with E-state index in [1.165, 1.54) is 4.90 Å². The van der Waals surface area contributed by atoms with E-state index in [0.717, 1.165) is 17.5 Å². The van der Waals surface area contributed by atoms with Gasteiger partial charge in [0.25, 0.3) is 5.91 Å². The SMILES string of the molecule is CN(C)C(=O)c1cc([C@@H]2C[C@@H]2c2cnc(-c3ncccn3)nc2)ccc1Cl. The lowest BCUT2D eigenvalue weighted by atomic mass is 10.0. The molecule has 0 spiro atoms. The van der Waals surface area contributed by atoms with Gasteiger partial charge in [-0.25, -0.2) is 19.9 Å². The van der Waals surface area contributed by atoms with Crippen LogP contribution in [0.4, 0.5) is 0 Å². The van der Waals surface area contributed by atoms with Gasteiger partial charge in [0.1, 0.15) is 0 Å². The Labute approximate surface area is 162 Å². The molecule has 1 saturated carbocycles. The number of nitrogens with zero attached hydrogens (tertiary/aromatic N) is 5. The molecule has 0 radical (unpaired) electrons. The predicted octanol–water partition coefficient (Wildman–Crippen LogP) is 3.56. The largest absolute Gasteiger partial charge is 0.345 e. The summed E-state index contributed by atoms with van der Waals surface area (Å²) in [5.74, 6) is 1.63. The summed E-state index contributed by atoms with van der Waals surface area (Å²) in [5.41, 5.74) is 2.73. The third-order valence-electron chi connectivity index (χ3n) is 4.71. The van der Waals surface area contributed by atoms with E-state index in [1.807, 2.05) is 24.5 Å². The molecule has 0 bridgehead atoms. The van der Waals surface area contributed by atoms with Crippen LogP contribution in [0.5, 0.6) is 0 Å². The smallest absolute Gasteiger partial charge is 0.254 e. The Balaban J connectivity index is 1.53. The highest BCUT2D eigenvalue weighted by Crippen LogP contribution is 2.54. The van der Waals surface area contributed by atoms with Gasteiger partial charge in [-0.3, -0.25) is 4.79 Å². The fourth-order valence-electron chi connectivity index (χ4n) is 3.17. The third-order valence-corrected chi connectivity index (χ3v) is 5.04. The van der Waals surface area contributed by atoms with Crippen molar-refractivity contribution < 1.29 is 4.79 Å². The van der Waals surface area contributed by atoms with E-state index in [9.17, 15) is 4.79 Å². The second-order valence-electron chi connectivity index (χ2n) is 6.80. The maximum Gasteiger partial charge on any atom is 0.254 e. The average Bonchev–Trinajstić information content (AvgIpc) is 3.49. The predicted molar refractivity (Wildman–Crippen MR) is 103 cm³/mol. The Morgan fingerprint density at radius 3 is 2.30 bits per heavy atom. The summed E-state index contributed by atoms with van der Waals surface area (Å²) >= 11 is 6.21. The van der Waals surface area contributed by atoms with Crippen LogP contribution in [0.3, 0.4) is 0 Å². The summed E-state index contributed by atoms with van der Waals surface area (Å²) in [6.45, 7) is 0. The molecule has 1 aliphatic carbocycles. The molecule has 1 amide bonds. The molecule has 2 aromatic heterocycles. The van der Waals surface area contributed by atoms with E-state index in [0.29, 0.717) is 34.1 Å². The van der Waals surface area contributed by atoms with Gasteiger partial charge < -0.3 is 4.90 Å². The van der Waals surface area contributed by atoms with Crippen LogP contribution < -0.4 is 0 Å². The van der Waals surface area contributed by atoms with E-state index in [4.69, 9.17) is 11.6 Å². The topological polar surface area (TPSA) is 71.9 Å². The monoisotopic (exact) mass is 379 g/mol. The quantitative estimate of drug-likeness (QED) is 0.693. The molecule has 4 rings (SSSR count). The van der Waals surface area contributed by atoms with Crippen molar-refractivity contribution in [1.82, 2.24) is 24.8 Å². The fourth-order valence-corrected chi connectivity index (χ4v) is 3.37. The summed E-state index contributed by atoms with van der Waals surface area (Å²) in [6.07, 6.45) is 8.02. The molecular formula is C20H18ClN5O.